The van der Waals surface area contributed by atoms with Crippen LogP contribution in [0.5, 0.6) is 0 Å². The summed E-state index contributed by atoms with van der Waals surface area (Å²) in [4.78, 5) is 24.0. The molecule has 4 nitrogen and oxygen atoms in total. The minimum atomic E-state index is -0.323. The molecule has 0 atom stereocenters. The number of anilines is 1. The molecular weight excluding hydrogens is 369 g/mol. The van der Waals surface area contributed by atoms with Crippen LogP contribution in [0.1, 0.15) is 35.0 Å². The van der Waals surface area contributed by atoms with E-state index >= 15 is 0 Å². The van der Waals surface area contributed by atoms with Crippen LogP contribution in [0.2, 0.25) is 0 Å². The van der Waals surface area contributed by atoms with Gasteiger partial charge in [-0.2, -0.15) is 0 Å². The number of nitrogens with one attached hydrogen (secondary N) is 1. The molecule has 2 heterocycles. The van der Waals surface area contributed by atoms with Crippen LogP contribution < -0.4 is 5.32 Å². The Morgan fingerprint density at radius 2 is 2.00 bits per heavy atom. The molecule has 4 rings (SSSR count). The Hall–Kier alpha value is -1.99. The topological polar surface area (TPSA) is 54.9 Å². The molecule has 0 bridgehead atoms. The summed E-state index contributed by atoms with van der Waals surface area (Å²) in [5, 5.41) is 4.74. The van der Waals surface area contributed by atoms with Crippen LogP contribution >= 0.6 is 23.1 Å². The van der Waals surface area contributed by atoms with Crippen molar-refractivity contribution >= 4 is 44.9 Å². The van der Waals surface area contributed by atoms with E-state index in [2.05, 4.69) is 19.2 Å². The zero-order chi connectivity index (χ0) is 18.3. The fraction of sp³-hybridized carbons (Fsp3) is 0.316. The molecule has 0 radical (unpaired) electrons. The molecule has 1 aromatic carbocycles. The largest absolute Gasteiger partial charge is 0.325 e. The third-order valence-electron chi connectivity index (χ3n) is 4.42. The summed E-state index contributed by atoms with van der Waals surface area (Å²) in [6.07, 6.45) is 2.29. The summed E-state index contributed by atoms with van der Waals surface area (Å²) >= 11 is 3.13. The van der Waals surface area contributed by atoms with Gasteiger partial charge < -0.3 is 5.32 Å². The number of thioether (sulfide) groups is 1. The predicted molar refractivity (Wildman–Crippen MR) is 105 cm³/mol. The fourth-order valence-corrected chi connectivity index (χ4v) is 4.71. The molecule has 0 saturated heterocycles. The molecule has 0 spiro atoms. The smallest absolute Gasteiger partial charge is 0.234 e. The van der Waals surface area contributed by atoms with E-state index in [-0.39, 0.29) is 17.5 Å². The molecular formula is C19H18FN3OS2. The van der Waals surface area contributed by atoms with Crippen molar-refractivity contribution in [3.05, 3.63) is 46.3 Å². The maximum Gasteiger partial charge on any atom is 0.234 e. The third kappa shape index (κ3) is 3.59. The molecule has 1 fully saturated rings. The highest BCUT2D eigenvalue weighted by Gasteiger charge is 2.28. The molecule has 1 N–H and O–H groups in total. The van der Waals surface area contributed by atoms with Crippen LogP contribution in [0.25, 0.3) is 10.2 Å². The van der Waals surface area contributed by atoms with E-state index in [1.165, 1.54) is 34.3 Å². The minimum Gasteiger partial charge on any atom is -0.325 e. The summed E-state index contributed by atoms with van der Waals surface area (Å²) in [6, 6.07) is 5.77. The summed E-state index contributed by atoms with van der Waals surface area (Å²) in [6.45, 7) is 4.17. The number of aromatic nitrogens is 2. The quantitative estimate of drug-likeness (QED) is 0.491. The van der Waals surface area contributed by atoms with Gasteiger partial charge in [-0.05, 0) is 56.5 Å². The van der Waals surface area contributed by atoms with Crippen LogP contribution in [0, 0.1) is 19.7 Å². The van der Waals surface area contributed by atoms with Gasteiger partial charge in [-0.1, -0.05) is 11.8 Å². The van der Waals surface area contributed by atoms with E-state index in [0.29, 0.717) is 11.6 Å². The maximum absolute atomic E-state index is 13.0. The van der Waals surface area contributed by atoms with Gasteiger partial charge in [0.1, 0.15) is 21.5 Å². The van der Waals surface area contributed by atoms with E-state index in [0.717, 1.165) is 33.9 Å². The standard InChI is InChI=1S/C19H18FN3OS2/c1-10-11(2)26-19-16(10)18(22-17(23-19)12-3-4-12)25-9-15(24)21-14-7-5-13(20)6-8-14/h5-8,12H,3-4,9H2,1-2H3,(H,21,24). The zero-order valence-corrected chi connectivity index (χ0v) is 16.1. The number of nitrogens with zero attached hydrogens (tertiary/aromatic N) is 2. The van der Waals surface area contributed by atoms with Crippen LogP contribution in [0.15, 0.2) is 29.3 Å². The number of carbonyl (C=O) groups is 1. The molecule has 1 aliphatic rings. The van der Waals surface area contributed by atoms with Gasteiger partial charge in [0.2, 0.25) is 5.91 Å². The number of halogens is 1. The molecule has 1 aliphatic carbocycles. The number of amides is 1. The Morgan fingerprint density at radius 1 is 1.27 bits per heavy atom. The van der Waals surface area contributed by atoms with Gasteiger partial charge >= 0.3 is 0 Å². The molecule has 1 amide bonds. The molecule has 2 aromatic heterocycles. The summed E-state index contributed by atoms with van der Waals surface area (Å²) in [5.74, 6) is 1.17. The monoisotopic (exact) mass is 387 g/mol. The summed E-state index contributed by atoms with van der Waals surface area (Å²) in [5.41, 5.74) is 1.78. The molecule has 3 aromatic rings. The zero-order valence-electron chi connectivity index (χ0n) is 14.5. The Bertz CT molecular complexity index is 981. The Kier molecular flexibility index (Phi) is 4.67. The van der Waals surface area contributed by atoms with Gasteiger partial charge in [0.15, 0.2) is 0 Å². The lowest BCUT2D eigenvalue weighted by atomic mass is 10.2. The van der Waals surface area contributed by atoms with Gasteiger partial charge in [0.25, 0.3) is 0 Å². The predicted octanol–water partition coefficient (Wildman–Crippen LogP) is 5.06. The number of benzene rings is 1. The normalized spacial score (nSPS) is 14.0. The van der Waals surface area contributed by atoms with Gasteiger partial charge in [0.05, 0.1) is 5.75 Å². The number of thiophene rings is 1. The lowest BCUT2D eigenvalue weighted by molar-refractivity contribution is -0.113. The van der Waals surface area contributed by atoms with Crippen LogP contribution in [-0.4, -0.2) is 21.6 Å². The molecule has 1 saturated carbocycles. The second-order valence-electron chi connectivity index (χ2n) is 6.47. The van der Waals surface area contributed by atoms with E-state index in [4.69, 9.17) is 9.97 Å². The third-order valence-corrected chi connectivity index (χ3v) is 6.50. The average molecular weight is 388 g/mol. The number of fused-ring (bicyclic) bond motifs is 1. The maximum atomic E-state index is 13.0. The first-order valence-corrected chi connectivity index (χ1v) is 10.3. The summed E-state index contributed by atoms with van der Waals surface area (Å²) in [7, 11) is 0. The molecule has 7 heteroatoms. The van der Waals surface area contributed by atoms with Crippen molar-refractivity contribution in [2.24, 2.45) is 0 Å². The van der Waals surface area contributed by atoms with E-state index in [9.17, 15) is 9.18 Å². The highest BCUT2D eigenvalue weighted by molar-refractivity contribution is 8.00. The Morgan fingerprint density at radius 3 is 2.69 bits per heavy atom. The number of aryl methyl sites for hydroxylation is 2. The highest BCUT2D eigenvalue weighted by atomic mass is 32.2. The first-order chi connectivity index (χ1) is 12.5. The minimum absolute atomic E-state index is 0.133. The van der Waals surface area contributed by atoms with Crippen molar-refractivity contribution in [2.75, 3.05) is 11.1 Å². The van der Waals surface area contributed by atoms with Crippen LogP contribution in [-0.2, 0) is 4.79 Å². The van der Waals surface area contributed by atoms with Crippen molar-refractivity contribution in [2.45, 2.75) is 37.6 Å². The summed E-state index contributed by atoms with van der Waals surface area (Å²) < 4.78 is 13.0. The Balaban J connectivity index is 1.54. The highest BCUT2D eigenvalue weighted by Crippen LogP contribution is 2.42. The number of carbonyl (C=O) groups excluding carboxylic acids is 1. The van der Waals surface area contributed by atoms with Gasteiger partial charge in [-0.25, -0.2) is 14.4 Å². The number of hydrogen-bond donors (Lipinski definition) is 1. The second kappa shape index (κ2) is 6.96. The van der Waals surface area contributed by atoms with Crippen molar-refractivity contribution in [1.29, 1.82) is 0 Å². The van der Waals surface area contributed by atoms with Crippen molar-refractivity contribution in [3.63, 3.8) is 0 Å². The fourth-order valence-electron chi connectivity index (χ4n) is 2.72. The lowest BCUT2D eigenvalue weighted by Crippen LogP contribution is -2.14. The van der Waals surface area contributed by atoms with E-state index in [1.807, 2.05) is 0 Å². The van der Waals surface area contributed by atoms with Gasteiger partial charge in [-0.15, -0.1) is 11.3 Å². The van der Waals surface area contributed by atoms with E-state index in [1.54, 1.807) is 23.5 Å². The number of rotatable bonds is 5. The molecule has 134 valence electrons. The average Bonchev–Trinajstić information content (AvgIpc) is 3.42. The molecule has 0 aliphatic heterocycles. The lowest BCUT2D eigenvalue weighted by Gasteiger charge is -2.07. The van der Waals surface area contributed by atoms with Crippen molar-refractivity contribution in [1.82, 2.24) is 9.97 Å². The van der Waals surface area contributed by atoms with Gasteiger partial charge in [-0.3, -0.25) is 4.79 Å². The Labute approximate surface area is 159 Å². The molecule has 0 unspecified atom stereocenters. The second-order valence-corrected chi connectivity index (χ2v) is 8.64. The van der Waals surface area contributed by atoms with E-state index < -0.39 is 0 Å². The van der Waals surface area contributed by atoms with Crippen molar-refractivity contribution in [3.8, 4) is 0 Å². The van der Waals surface area contributed by atoms with Gasteiger partial charge in [0, 0.05) is 21.9 Å². The van der Waals surface area contributed by atoms with Crippen molar-refractivity contribution < 1.29 is 9.18 Å². The van der Waals surface area contributed by atoms with Crippen LogP contribution in [0.4, 0.5) is 10.1 Å². The molecule has 26 heavy (non-hydrogen) atoms. The first kappa shape index (κ1) is 17.4. The SMILES string of the molecule is Cc1sc2nc(C3CC3)nc(SCC(=O)Nc3ccc(F)cc3)c2c1C. The number of hydrogen-bond acceptors (Lipinski definition) is 5. The first-order valence-electron chi connectivity index (χ1n) is 8.47. The van der Waals surface area contributed by atoms with Crippen LogP contribution in [0.3, 0.4) is 0 Å².